The Kier molecular flexibility index (Phi) is 2.81. The van der Waals surface area contributed by atoms with Crippen LogP contribution in [0.15, 0.2) is 22.7 Å². The standard InChI is InChI=1S/C14H14N2O4/c1-2-11-12(19-6-5-18-11)7-9(1)14-15-13(16-20-14)10-3-4-17-8-10/h1-2,7,10H,3-6,8H2/t10-/m1/s1. The molecular weight excluding hydrogens is 260 g/mol. The molecule has 104 valence electrons. The summed E-state index contributed by atoms with van der Waals surface area (Å²) in [5, 5.41) is 4.05. The molecule has 0 spiro atoms. The molecule has 2 aliphatic rings. The van der Waals surface area contributed by atoms with Crippen molar-refractivity contribution in [3.05, 3.63) is 24.0 Å². The first-order valence-corrected chi connectivity index (χ1v) is 6.71. The van der Waals surface area contributed by atoms with E-state index in [-0.39, 0.29) is 5.92 Å². The zero-order valence-electron chi connectivity index (χ0n) is 10.9. The average Bonchev–Trinajstić information content (AvgIpc) is 3.17. The van der Waals surface area contributed by atoms with Gasteiger partial charge in [0.2, 0.25) is 0 Å². The minimum Gasteiger partial charge on any atom is -0.486 e. The molecule has 0 unspecified atom stereocenters. The fourth-order valence-electron chi connectivity index (χ4n) is 2.43. The molecule has 0 aliphatic carbocycles. The molecule has 6 heteroatoms. The van der Waals surface area contributed by atoms with E-state index in [1.807, 2.05) is 18.2 Å². The van der Waals surface area contributed by atoms with Gasteiger partial charge < -0.3 is 18.7 Å². The van der Waals surface area contributed by atoms with Crippen molar-refractivity contribution in [3.8, 4) is 23.0 Å². The van der Waals surface area contributed by atoms with Crippen LogP contribution in [-0.2, 0) is 4.74 Å². The Morgan fingerprint density at radius 2 is 1.95 bits per heavy atom. The highest BCUT2D eigenvalue weighted by Gasteiger charge is 2.24. The van der Waals surface area contributed by atoms with Gasteiger partial charge in [-0.15, -0.1) is 0 Å². The highest BCUT2D eigenvalue weighted by atomic mass is 16.6. The maximum absolute atomic E-state index is 5.56. The number of aromatic nitrogens is 2. The van der Waals surface area contributed by atoms with Crippen LogP contribution < -0.4 is 9.47 Å². The molecule has 3 heterocycles. The van der Waals surface area contributed by atoms with Crippen LogP contribution in [-0.4, -0.2) is 36.6 Å². The van der Waals surface area contributed by atoms with Crippen LogP contribution in [0.2, 0.25) is 0 Å². The third-order valence-electron chi connectivity index (χ3n) is 3.53. The van der Waals surface area contributed by atoms with Gasteiger partial charge >= 0.3 is 0 Å². The first-order valence-electron chi connectivity index (χ1n) is 6.71. The Hall–Kier alpha value is -2.08. The monoisotopic (exact) mass is 274 g/mol. The van der Waals surface area contributed by atoms with Gasteiger partial charge in [0.05, 0.1) is 6.61 Å². The van der Waals surface area contributed by atoms with Crippen LogP contribution >= 0.6 is 0 Å². The number of hydrogen-bond donors (Lipinski definition) is 0. The topological polar surface area (TPSA) is 66.6 Å². The van der Waals surface area contributed by atoms with Crippen LogP contribution in [0.3, 0.4) is 0 Å². The molecule has 1 fully saturated rings. The SMILES string of the molecule is c1cc2c(cc1-c1nc([C@@H]3CCOC3)no1)OCCO2. The lowest BCUT2D eigenvalue weighted by molar-refractivity contribution is 0.171. The lowest BCUT2D eigenvalue weighted by Gasteiger charge is -2.18. The zero-order chi connectivity index (χ0) is 13.4. The lowest BCUT2D eigenvalue weighted by atomic mass is 10.1. The van der Waals surface area contributed by atoms with E-state index >= 15 is 0 Å². The number of benzene rings is 1. The largest absolute Gasteiger partial charge is 0.486 e. The molecule has 1 aromatic heterocycles. The van der Waals surface area contributed by atoms with E-state index in [1.54, 1.807) is 0 Å². The van der Waals surface area contributed by atoms with Crippen LogP contribution in [0.5, 0.6) is 11.5 Å². The van der Waals surface area contributed by atoms with Crippen molar-refractivity contribution in [3.63, 3.8) is 0 Å². The van der Waals surface area contributed by atoms with Gasteiger partial charge in [-0.1, -0.05) is 5.16 Å². The van der Waals surface area contributed by atoms with Crippen LogP contribution in [0.4, 0.5) is 0 Å². The summed E-state index contributed by atoms with van der Waals surface area (Å²) in [4.78, 5) is 4.46. The highest BCUT2D eigenvalue weighted by Crippen LogP contribution is 2.34. The second-order valence-electron chi connectivity index (χ2n) is 4.88. The van der Waals surface area contributed by atoms with Gasteiger partial charge in [0.1, 0.15) is 13.2 Å². The van der Waals surface area contributed by atoms with Crippen molar-refractivity contribution in [2.75, 3.05) is 26.4 Å². The lowest BCUT2D eigenvalue weighted by Crippen LogP contribution is -2.15. The molecule has 0 bridgehead atoms. The predicted molar refractivity (Wildman–Crippen MR) is 68.9 cm³/mol. The quantitative estimate of drug-likeness (QED) is 0.834. The molecule has 0 radical (unpaired) electrons. The minimum atomic E-state index is 0.240. The molecule has 6 nitrogen and oxygen atoms in total. The molecule has 0 saturated carbocycles. The number of rotatable bonds is 2. The number of fused-ring (bicyclic) bond motifs is 1. The molecule has 1 atom stereocenters. The third-order valence-corrected chi connectivity index (χ3v) is 3.53. The summed E-state index contributed by atoms with van der Waals surface area (Å²) in [6.45, 7) is 2.57. The summed E-state index contributed by atoms with van der Waals surface area (Å²) < 4.78 is 21.7. The van der Waals surface area contributed by atoms with Gasteiger partial charge in [-0.05, 0) is 24.6 Å². The summed E-state index contributed by atoms with van der Waals surface area (Å²) in [7, 11) is 0. The van der Waals surface area contributed by atoms with E-state index in [9.17, 15) is 0 Å². The summed E-state index contributed by atoms with van der Waals surface area (Å²) in [5.41, 5.74) is 0.840. The minimum absolute atomic E-state index is 0.240. The van der Waals surface area contributed by atoms with E-state index in [1.165, 1.54) is 0 Å². The first kappa shape index (κ1) is 11.7. The number of hydrogen-bond acceptors (Lipinski definition) is 6. The van der Waals surface area contributed by atoms with E-state index < -0.39 is 0 Å². The molecule has 1 saturated heterocycles. The predicted octanol–water partition coefficient (Wildman–Crippen LogP) is 2.01. The van der Waals surface area contributed by atoms with Gasteiger partial charge in [0.25, 0.3) is 5.89 Å². The maximum Gasteiger partial charge on any atom is 0.258 e. The Labute approximate surface area is 115 Å². The summed E-state index contributed by atoms with van der Waals surface area (Å²) in [6.07, 6.45) is 0.945. The Balaban J connectivity index is 1.63. The zero-order valence-corrected chi connectivity index (χ0v) is 10.9. The van der Waals surface area contributed by atoms with Crippen molar-refractivity contribution < 1.29 is 18.7 Å². The fraction of sp³-hybridized carbons (Fsp3) is 0.429. The molecular formula is C14H14N2O4. The average molecular weight is 274 g/mol. The third kappa shape index (κ3) is 2.02. The first-order chi connectivity index (χ1) is 9.90. The van der Waals surface area contributed by atoms with Crippen molar-refractivity contribution in [2.24, 2.45) is 0 Å². The van der Waals surface area contributed by atoms with Crippen molar-refractivity contribution >= 4 is 0 Å². The molecule has 0 amide bonds. The van der Waals surface area contributed by atoms with E-state index in [2.05, 4.69) is 10.1 Å². The normalized spacial score (nSPS) is 21.1. The van der Waals surface area contributed by atoms with Gasteiger partial charge in [-0.2, -0.15) is 4.98 Å². The van der Waals surface area contributed by atoms with Crippen LogP contribution in [0.1, 0.15) is 18.2 Å². The molecule has 20 heavy (non-hydrogen) atoms. The van der Waals surface area contributed by atoms with Crippen molar-refractivity contribution in [1.82, 2.24) is 10.1 Å². The second kappa shape index (κ2) is 4.79. The molecule has 2 aromatic rings. The van der Waals surface area contributed by atoms with E-state index in [0.29, 0.717) is 31.5 Å². The van der Waals surface area contributed by atoms with E-state index in [4.69, 9.17) is 18.7 Å². The molecule has 4 rings (SSSR count). The highest BCUT2D eigenvalue weighted by molar-refractivity contribution is 5.60. The summed E-state index contributed by atoms with van der Waals surface area (Å²) >= 11 is 0. The molecule has 2 aliphatic heterocycles. The van der Waals surface area contributed by atoms with Crippen molar-refractivity contribution in [1.29, 1.82) is 0 Å². The van der Waals surface area contributed by atoms with Gasteiger partial charge in [0.15, 0.2) is 17.3 Å². The van der Waals surface area contributed by atoms with Gasteiger partial charge in [-0.25, -0.2) is 0 Å². The summed E-state index contributed by atoms with van der Waals surface area (Å²) in [6, 6.07) is 5.64. The Morgan fingerprint density at radius 3 is 2.80 bits per heavy atom. The number of nitrogens with zero attached hydrogens (tertiary/aromatic N) is 2. The number of ether oxygens (including phenoxy) is 3. The fourth-order valence-corrected chi connectivity index (χ4v) is 2.43. The molecule has 0 N–H and O–H groups in total. The van der Waals surface area contributed by atoms with Crippen LogP contribution in [0.25, 0.3) is 11.5 Å². The Morgan fingerprint density at radius 1 is 1.05 bits per heavy atom. The van der Waals surface area contributed by atoms with E-state index in [0.717, 1.165) is 30.1 Å². The van der Waals surface area contributed by atoms with Crippen molar-refractivity contribution in [2.45, 2.75) is 12.3 Å². The van der Waals surface area contributed by atoms with Crippen LogP contribution in [0, 0.1) is 0 Å². The second-order valence-corrected chi connectivity index (χ2v) is 4.88. The smallest absolute Gasteiger partial charge is 0.258 e. The van der Waals surface area contributed by atoms with Gasteiger partial charge in [-0.3, -0.25) is 0 Å². The maximum atomic E-state index is 5.56. The summed E-state index contributed by atoms with van der Waals surface area (Å²) in [5.74, 6) is 2.93. The van der Waals surface area contributed by atoms with Gasteiger partial charge in [0, 0.05) is 18.1 Å². The molecule has 1 aromatic carbocycles. The Bertz CT molecular complexity index is 619.